The van der Waals surface area contributed by atoms with Gasteiger partial charge in [-0.3, -0.25) is 4.98 Å². The summed E-state index contributed by atoms with van der Waals surface area (Å²) in [5.41, 5.74) is 2.49. The highest BCUT2D eigenvalue weighted by Crippen LogP contribution is 2.31. The van der Waals surface area contributed by atoms with Crippen LogP contribution >= 0.6 is 23.5 Å². The van der Waals surface area contributed by atoms with Crippen LogP contribution < -0.4 is 5.32 Å². The first-order chi connectivity index (χ1) is 13.7. The molecule has 0 aliphatic carbocycles. The smallest absolute Gasteiger partial charge is 0.344 e. The van der Waals surface area contributed by atoms with Crippen molar-refractivity contribution in [1.29, 1.82) is 0 Å². The number of aromatic nitrogens is 3. The van der Waals surface area contributed by atoms with Gasteiger partial charge in [-0.25, -0.2) is 14.8 Å². The minimum Gasteiger partial charge on any atom is -0.465 e. The summed E-state index contributed by atoms with van der Waals surface area (Å²) in [7, 11) is 1.36. The number of rotatable bonds is 8. The molecule has 144 valence electrons. The van der Waals surface area contributed by atoms with Crippen LogP contribution in [0, 0.1) is 0 Å². The number of pyridine rings is 1. The highest BCUT2D eigenvalue weighted by molar-refractivity contribution is 7.99. The van der Waals surface area contributed by atoms with Gasteiger partial charge in [-0.1, -0.05) is 48.2 Å². The molecule has 0 fully saturated rings. The van der Waals surface area contributed by atoms with Crippen LogP contribution in [-0.2, 0) is 17.0 Å². The summed E-state index contributed by atoms with van der Waals surface area (Å²) >= 11 is 2.92. The first-order valence-electron chi connectivity index (χ1n) is 8.55. The van der Waals surface area contributed by atoms with Crippen molar-refractivity contribution in [3.05, 3.63) is 71.5 Å². The van der Waals surface area contributed by atoms with Gasteiger partial charge < -0.3 is 10.1 Å². The molecule has 2 heterocycles. The normalized spacial score (nSPS) is 10.5. The van der Waals surface area contributed by atoms with E-state index in [0.717, 1.165) is 11.1 Å². The Bertz CT molecular complexity index is 859. The van der Waals surface area contributed by atoms with Crippen molar-refractivity contribution < 1.29 is 9.53 Å². The van der Waals surface area contributed by atoms with E-state index in [1.165, 1.54) is 30.6 Å². The molecule has 0 aliphatic heterocycles. The van der Waals surface area contributed by atoms with Crippen LogP contribution in [0.1, 0.15) is 21.5 Å². The van der Waals surface area contributed by atoms with Crippen LogP contribution in [0.5, 0.6) is 0 Å². The molecule has 0 atom stereocenters. The quantitative estimate of drug-likeness (QED) is 0.254. The first kappa shape index (κ1) is 20.2. The van der Waals surface area contributed by atoms with E-state index in [4.69, 9.17) is 4.74 Å². The van der Waals surface area contributed by atoms with Crippen molar-refractivity contribution >= 4 is 35.3 Å². The number of methoxy groups -OCH3 is 1. The predicted molar refractivity (Wildman–Crippen MR) is 113 cm³/mol. The first-order valence-corrected chi connectivity index (χ1v) is 10.8. The predicted octanol–water partition coefficient (Wildman–Crippen LogP) is 4.28. The second kappa shape index (κ2) is 10.1. The molecule has 8 heteroatoms. The number of nitrogens with one attached hydrogen (secondary N) is 1. The van der Waals surface area contributed by atoms with Crippen LogP contribution in [-0.4, -0.2) is 34.3 Å². The summed E-state index contributed by atoms with van der Waals surface area (Å²) in [5.74, 6) is 0.695. The number of nitrogens with zero attached hydrogens (tertiary/aromatic N) is 3. The Balaban J connectivity index is 1.91. The van der Waals surface area contributed by atoms with E-state index in [1.54, 1.807) is 12.4 Å². The van der Waals surface area contributed by atoms with Crippen molar-refractivity contribution in [3.63, 3.8) is 0 Å². The number of carbonyl (C=O) groups excluding carboxylic acids is 1. The summed E-state index contributed by atoms with van der Waals surface area (Å²) in [6.07, 6.45) is 5.40. The highest BCUT2D eigenvalue weighted by Gasteiger charge is 2.22. The lowest BCUT2D eigenvalue weighted by Crippen LogP contribution is -2.13. The van der Waals surface area contributed by atoms with E-state index >= 15 is 0 Å². The minimum absolute atomic E-state index is 0.352. The van der Waals surface area contributed by atoms with Gasteiger partial charge in [0, 0.05) is 24.7 Å². The SMILES string of the molecule is COC(=O)c1c(NCc2cccnc2)nc(SC)nc1SCc1ccccc1. The Kier molecular flexibility index (Phi) is 7.27. The number of benzene rings is 1. The lowest BCUT2D eigenvalue weighted by molar-refractivity contribution is 0.0596. The molecule has 1 N–H and O–H groups in total. The van der Waals surface area contributed by atoms with Gasteiger partial charge in [0.2, 0.25) is 0 Å². The number of esters is 1. The average Bonchev–Trinajstić information content (AvgIpc) is 2.76. The van der Waals surface area contributed by atoms with Crippen molar-refractivity contribution in [2.45, 2.75) is 22.5 Å². The fourth-order valence-electron chi connectivity index (χ4n) is 2.44. The molecule has 0 radical (unpaired) electrons. The third-order valence-electron chi connectivity index (χ3n) is 3.83. The number of carbonyl (C=O) groups is 1. The number of ether oxygens (including phenoxy) is 1. The molecule has 0 bridgehead atoms. The molecule has 6 nitrogen and oxygen atoms in total. The summed E-state index contributed by atoms with van der Waals surface area (Å²) in [4.78, 5) is 25.7. The molecular formula is C20H20N4O2S2. The molecule has 0 spiro atoms. The summed E-state index contributed by atoms with van der Waals surface area (Å²) in [6.45, 7) is 0.492. The van der Waals surface area contributed by atoms with E-state index in [2.05, 4.69) is 20.3 Å². The second-order valence-corrected chi connectivity index (χ2v) is 7.46. The Morgan fingerprint density at radius 3 is 2.57 bits per heavy atom. The Hall–Kier alpha value is -2.58. The molecule has 28 heavy (non-hydrogen) atoms. The third-order valence-corrected chi connectivity index (χ3v) is 5.42. The maximum Gasteiger partial charge on any atom is 0.344 e. The molecule has 0 amide bonds. The zero-order valence-corrected chi connectivity index (χ0v) is 17.2. The van der Waals surface area contributed by atoms with Gasteiger partial charge in [0.05, 0.1) is 7.11 Å². The molecule has 0 aliphatic rings. The molecule has 0 saturated carbocycles. The fourth-order valence-corrected chi connectivity index (χ4v) is 3.84. The Morgan fingerprint density at radius 2 is 1.89 bits per heavy atom. The van der Waals surface area contributed by atoms with Crippen molar-refractivity contribution in [1.82, 2.24) is 15.0 Å². The molecular weight excluding hydrogens is 392 g/mol. The van der Waals surface area contributed by atoms with Crippen molar-refractivity contribution in [2.75, 3.05) is 18.7 Å². The second-order valence-electron chi connectivity index (χ2n) is 5.72. The van der Waals surface area contributed by atoms with Gasteiger partial charge in [0.1, 0.15) is 16.4 Å². The summed E-state index contributed by atoms with van der Waals surface area (Å²) in [5, 5.41) is 4.43. The molecule has 0 unspecified atom stereocenters. The fraction of sp³-hybridized carbons (Fsp3) is 0.200. The van der Waals surface area contributed by atoms with Gasteiger partial charge >= 0.3 is 5.97 Å². The number of thioether (sulfide) groups is 2. The molecule has 2 aromatic heterocycles. The van der Waals surface area contributed by atoms with Gasteiger partial charge in [-0.2, -0.15) is 0 Å². The lowest BCUT2D eigenvalue weighted by atomic mass is 10.2. The molecule has 3 rings (SSSR count). The lowest BCUT2D eigenvalue weighted by Gasteiger charge is -2.14. The Morgan fingerprint density at radius 1 is 1.11 bits per heavy atom. The van der Waals surface area contributed by atoms with Crippen LogP contribution in [0.4, 0.5) is 5.82 Å². The largest absolute Gasteiger partial charge is 0.465 e. The number of hydrogen-bond acceptors (Lipinski definition) is 8. The zero-order chi connectivity index (χ0) is 19.8. The van der Waals surface area contributed by atoms with Gasteiger partial charge in [-0.05, 0) is 23.4 Å². The standard InChI is InChI=1S/C20H20N4O2S2/c1-26-19(25)16-17(22-12-15-9-6-10-21-11-15)23-20(27-2)24-18(16)28-13-14-7-4-3-5-8-14/h3-11H,12-13H2,1-2H3,(H,22,23,24). The summed E-state index contributed by atoms with van der Waals surface area (Å²) in [6, 6.07) is 13.9. The van der Waals surface area contributed by atoms with Crippen LogP contribution in [0.3, 0.4) is 0 Å². The maximum atomic E-state index is 12.5. The van der Waals surface area contributed by atoms with Gasteiger partial charge in [-0.15, -0.1) is 11.8 Å². The average molecular weight is 413 g/mol. The number of hydrogen-bond donors (Lipinski definition) is 1. The van der Waals surface area contributed by atoms with Gasteiger partial charge in [0.15, 0.2) is 5.16 Å². The van der Waals surface area contributed by atoms with Crippen molar-refractivity contribution in [3.8, 4) is 0 Å². The number of anilines is 1. The monoisotopic (exact) mass is 412 g/mol. The molecule has 1 aromatic carbocycles. The van der Waals surface area contributed by atoms with Crippen LogP contribution in [0.15, 0.2) is 65.0 Å². The van der Waals surface area contributed by atoms with Crippen molar-refractivity contribution in [2.24, 2.45) is 0 Å². The van der Waals surface area contributed by atoms with Gasteiger partial charge in [0.25, 0.3) is 0 Å². The van der Waals surface area contributed by atoms with E-state index in [0.29, 0.717) is 33.9 Å². The third kappa shape index (κ3) is 5.24. The highest BCUT2D eigenvalue weighted by atomic mass is 32.2. The summed E-state index contributed by atoms with van der Waals surface area (Å²) < 4.78 is 5.00. The van der Waals surface area contributed by atoms with Crippen LogP contribution in [0.2, 0.25) is 0 Å². The van der Waals surface area contributed by atoms with E-state index in [1.807, 2.05) is 48.7 Å². The van der Waals surface area contributed by atoms with E-state index in [9.17, 15) is 4.79 Å². The Labute approximate surface area is 172 Å². The topological polar surface area (TPSA) is 77.0 Å². The van der Waals surface area contributed by atoms with Crippen LogP contribution in [0.25, 0.3) is 0 Å². The zero-order valence-electron chi connectivity index (χ0n) is 15.6. The minimum atomic E-state index is -0.461. The maximum absolute atomic E-state index is 12.5. The van der Waals surface area contributed by atoms with E-state index < -0.39 is 5.97 Å². The molecule has 3 aromatic rings. The van der Waals surface area contributed by atoms with E-state index in [-0.39, 0.29) is 0 Å². The molecule has 0 saturated heterocycles.